The van der Waals surface area contributed by atoms with Gasteiger partial charge in [-0.3, -0.25) is 0 Å². The molecule has 0 N–H and O–H groups in total. The number of piperidine rings is 1. The highest BCUT2D eigenvalue weighted by Gasteiger charge is 2.41. The number of hydrogen-bond acceptors (Lipinski definition) is 1. The predicted octanol–water partition coefficient (Wildman–Crippen LogP) is 2.38. The SMILES string of the molecule is [2H]C([2H])([2H])C1(C([2H])([2H])[2H])N([O])C(C([2H])([2H])[2H])(C([2H])([2H])[2H])C([2H])([2H])CC1([2H])[2H]. The van der Waals surface area contributed by atoms with Crippen molar-refractivity contribution in [2.24, 2.45) is 0 Å². The lowest BCUT2D eigenvalue weighted by Crippen LogP contribution is -2.55. The van der Waals surface area contributed by atoms with Crippen molar-refractivity contribution in [3.05, 3.63) is 0 Å². The second-order valence-electron chi connectivity index (χ2n) is 2.25. The Morgan fingerprint density at radius 1 is 1.27 bits per heavy atom. The Kier molecular flexibility index (Phi) is 0.331. The number of hydroxylamine groups is 2. The molecule has 2 nitrogen and oxygen atoms in total. The molecule has 0 atom stereocenters. The summed E-state index contributed by atoms with van der Waals surface area (Å²) in [5.74, 6) is 0. The quantitative estimate of drug-likeness (QED) is 0.550. The lowest BCUT2D eigenvalue weighted by atomic mass is 9.82. The topological polar surface area (TPSA) is 23.1 Å². The van der Waals surface area contributed by atoms with Gasteiger partial charge in [0.1, 0.15) is 0 Å². The van der Waals surface area contributed by atoms with E-state index in [2.05, 4.69) is 0 Å². The minimum absolute atomic E-state index is 1.34. The van der Waals surface area contributed by atoms with Gasteiger partial charge in [0.25, 0.3) is 0 Å². The van der Waals surface area contributed by atoms with E-state index < -0.39 is 62.7 Å². The second-order valence-corrected chi connectivity index (χ2v) is 2.25. The van der Waals surface area contributed by atoms with Crippen LogP contribution in [0.25, 0.3) is 0 Å². The molecule has 65 valence electrons. The number of nitrogens with zero attached hydrogens (tertiary/aromatic N) is 1. The minimum Gasteiger partial charge on any atom is -0.144 e. The van der Waals surface area contributed by atoms with Crippen molar-refractivity contribution in [1.82, 2.24) is 5.06 Å². The molecule has 1 aliphatic heterocycles. The van der Waals surface area contributed by atoms with E-state index in [0.29, 0.717) is 0 Å². The van der Waals surface area contributed by atoms with Crippen molar-refractivity contribution in [3.8, 4) is 0 Å². The molecular weight excluding hydrogens is 138 g/mol. The van der Waals surface area contributed by atoms with E-state index in [1.807, 2.05) is 0 Å². The third-order valence-corrected chi connectivity index (χ3v) is 1.30. The first-order chi connectivity index (χ1) is 11.4. The fourth-order valence-electron chi connectivity index (χ4n) is 0.695. The van der Waals surface area contributed by atoms with Gasteiger partial charge in [-0.25, -0.2) is 0 Å². The molecule has 2 heteroatoms. The molecule has 1 radical (unpaired) electrons. The molecule has 1 saturated heterocycles. The molecule has 1 aliphatic rings. The highest BCUT2D eigenvalue weighted by molar-refractivity contribution is 4.91. The maximum Gasteiger partial charge on any atom is 0.0443 e. The monoisotopic (exact) mass is 172 g/mol. The van der Waals surface area contributed by atoms with E-state index >= 15 is 0 Å². The third-order valence-electron chi connectivity index (χ3n) is 1.30. The van der Waals surface area contributed by atoms with Gasteiger partial charge >= 0.3 is 0 Å². The van der Waals surface area contributed by atoms with Crippen LogP contribution >= 0.6 is 0 Å². The molecule has 0 aromatic heterocycles. The van der Waals surface area contributed by atoms with E-state index in [4.69, 9.17) is 21.9 Å². The lowest BCUT2D eigenvalue weighted by molar-refractivity contribution is -0.286. The molecule has 0 saturated carbocycles. The fraction of sp³-hybridized carbons (Fsp3) is 1.00. The summed E-state index contributed by atoms with van der Waals surface area (Å²) < 4.78 is 122. The summed E-state index contributed by atoms with van der Waals surface area (Å²) in [5, 5.41) is 11.8. The van der Waals surface area contributed by atoms with E-state index in [1.54, 1.807) is 0 Å². The summed E-state index contributed by atoms with van der Waals surface area (Å²) in [5.41, 5.74) is -8.28. The zero-order valence-corrected chi connectivity index (χ0v) is 5.56. The van der Waals surface area contributed by atoms with E-state index in [0.717, 1.165) is 0 Å². The Balaban J connectivity index is 4.24. The molecule has 0 spiro atoms. The van der Waals surface area contributed by atoms with Gasteiger partial charge in [0.15, 0.2) is 0 Å². The van der Waals surface area contributed by atoms with Crippen LogP contribution in [-0.2, 0) is 5.21 Å². The molecule has 0 aromatic rings. The summed E-state index contributed by atoms with van der Waals surface area (Å²) in [6.07, 6.45) is -9.00. The van der Waals surface area contributed by atoms with Crippen molar-refractivity contribution in [3.63, 3.8) is 0 Å². The summed E-state index contributed by atoms with van der Waals surface area (Å²) in [7, 11) is 0. The van der Waals surface area contributed by atoms with Crippen LogP contribution in [-0.4, -0.2) is 16.1 Å². The first kappa shape index (κ1) is 1.48. The van der Waals surface area contributed by atoms with E-state index in [1.165, 1.54) is 0 Å². The van der Waals surface area contributed by atoms with Crippen molar-refractivity contribution in [2.45, 2.75) is 57.7 Å². The molecule has 0 bridgehead atoms. The first-order valence-corrected chi connectivity index (χ1v) is 2.84. The molecule has 1 heterocycles. The number of hydrogen-bond donors (Lipinski definition) is 0. The maximum atomic E-state index is 13.2. The maximum absolute atomic E-state index is 13.2. The van der Waals surface area contributed by atoms with Crippen molar-refractivity contribution in [1.29, 1.82) is 0 Å². The van der Waals surface area contributed by atoms with Crippen LogP contribution in [0.3, 0.4) is 0 Å². The van der Waals surface area contributed by atoms with Crippen LogP contribution in [0.15, 0.2) is 0 Å². The fourth-order valence-corrected chi connectivity index (χ4v) is 0.695. The summed E-state index contributed by atoms with van der Waals surface area (Å²) in [6, 6.07) is 0. The highest BCUT2D eigenvalue weighted by atomic mass is 16.5. The molecule has 0 aliphatic carbocycles. The summed E-state index contributed by atoms with van der Waals surface area (Å²) in [4.78, 5) is 0. The Labute approximate surface area is 91.6 Å². The molecule has 11 heavy (non-hydrogen) atoms. The summed E-state index contributed by atoms with van der Waals surface area (Å²) >= 11 is 0. The minimum atomic E-state index is -4.14. The zero-order chi connectivity index (χ0) is 22.3. The zero-order valence-electron chi connectivity index (χ0n) is 21.6. The van der Waals surface area contributed by atoms with Crippen molar-refractivity contribution >= 4 is 0 Å². The van der Waals surface area contributed by atoms with Gasteiger partial charge in [-0.15, -0.1) is 10.3 Å². The van der Waals surface area contributed by atoms with Gasteiger partial charge < -0.3 is 0 Å². The van der Waals surface area contributed by atoms with Gasteiger partial charge in [-0.05, 0) is 46.6 Å². The summed E-state index contributed by atoms with van der Waals surface area (Å²) in [6.45, 7) is -16.1. The van der Waals surface area contributed by atoms with Gasteiger partial charge in [0.2, 0.25) is 0 Å². The van der Waals surface area contributed by atoms with Crippen molar-refractivity contribution in [2.75, 3.05) is 0 Å². The van der Waals surface area contributed by atoms with Gasteiger partial charge in [0, 0.05) is 33.0 Å². The van der Waals surface area contributed by atoms with Crippen LogP contribution in [0.5, 0.6) is 0 Å². The van der Waals surface area contributed by atoms with Gasteiger partial charge in [-0.2, -0.15) is 0 Å². The molecule has 0 unspecified atom stereocenters. The van der Waals surface area contributed by atoms with Gasteiger partial charge in [-0.1, -0.05) is 0 Å². The largest absolute Gasteiger partial charge is 0.144 e. The highest BCUT2D eigenvalue weighted by Crippen LogP contribution is 2.36. The van der Waals surface area contributed by atoms with E-state index in [-0.39, 0.29) is 0 Å². The number of rotatable bonds is 0. The van der Waals surface area contributed by atoms with Crippen LogP contribution in [0.4, 0.5) is 0 Å². The standard InChI is InChI=1S/C9H18NO/c1-8(2)6-5-7-9(3,4)10(8)11/h5-7H2,1-4H3/i1D3,2D3,3D3,4D3,6D2,7D2. The van der Waals surface area contributed by atoms with Crippen LogP contribution < -0.4 is 0 Å². The smallest absolute Gasteiger partial charge is 0.0443 e. The Morgan fingerprint density at radius 3 is 2.09 bits per heavy atom. The molecular formula is C9H18NO. The Hall–Kier alpha value is -0.0800. The van der Waals surface area contributed by atoms with Crippen molar-refractivity contribution < 1.29 is 27.1 Å². The lowest BCUT2D eigenvalue weighted by Gasteiger charge is -2.46. The van der Waals surface area contributed by atoms with Crippen LogP contribution in [0, 0.1) is 0 Å². The second kappa shape index (κ2) is 2.46. The van der Waals surface area contributed by atoms with Crippen LogP contribution in [0.2, 0.25) is 0 Å². The molecule has 1 fully saturated rings. The van der Waals surface area contributed by atoms with Crippen LogP contribution in [0.1, 0.15) is 68.5 Å². The van der Waals surface area contributed by atoms with Gasteiger partial charge in [0.05, 0.1) is 0 Å². The third kappa shape index (κ3) is 1.57. The van der Waals surface area contributed by atoms with E-state index in [9.17, 15) is 5.21 Å². The molecule has 0 aromatic carbocycles. The molecule has 0 amide bonds. The first-order valence-electron chi connectivity index (χ1n) is 10.8. The average molecular weight is 172 g/mol. The molecule has 1 rings (SSSR count). The Morgan fingerprint density at radius 2 is 1.73 bits per heavy atom. The average Bonchev–Trinajstić information content (AvgIpc) is 2.14. The Bertz CT molecular complexity index is 501. The predicted molar refractivity (Wildman–Crippen MR) is 44.5 cm³/mol. The normalized spacial score (nSPS) is 65.5.